The lowest BCUT2D eigenvalue weighted by Gasteiger charge is -2.17. The smallest absolute Gasteiger partial charge is 0.331 e. The van der Waals surface area contributed by atoms with E-state index >= 15 is 0 Å². The molecule has 0 fully saturated rings. The molecule has 0 bridgehead atoms. The standard InChI is InChI=1S/C26H33N3O4/c1-18-15-19(2)22(20(3)16-18)17-29-23-10-6-5-9-21(23)25(31)28(26(29)32)13-7-11-24(30)27-12-8-14-33-4/h5-6,9-10,15-16H,7-8,11-14,17H2,1-4H3,(H,27,30). The van der Waals surface area contributed by atoms with Gasteiger partial charge in [-0.3, -0.25) is 18.7 Å². The number of ether oxygens (including phenoxy) is 1. The van der Waals surface area contributed by atoms with Gasteiger partial charge in [-0.1, -0.05) is 29.8 Å². The molecule has 7 heteroatoms. The molecule has 0 radical (unpaired) electrons. The van der Waals surface area contributed by atoms with E-state index in [0.717, 1.165) is 23.1 Å². The Morgan fingerprint density at radius 1 is 1.00 bits per heavy atom. The molecule has 7 nitrogen and oxygen atoms in total. The third-order valence-electron chi connectivity index (χ3n) is 5.92. The fourth-order valence-electron chi connectivity index (χ4n) is 4.27. The Hall–Kier alpha value is -3.19. The topological polar surface area (TPSA) is 82.3 Å². The van der Waals surface area contributed by atoms with Gasteiger partial charge in [-0.2, -0.15) is 0 Å². The quantitative estimate of drug-likeness (QED) is 0.480. The number of carbonyl (C=O) groups is 1. The predicted octanol–water partition coefficient (Wildman–Crippen LogP) is 3.07. The van der Waals surface area contributed by atoms with Crippen LogP contribution in [0.3, 0.4) is 0 Å². The average Bonchev–Trinajstić information content (AvgIpc) is 2.78. The zero-order valence-corrected chi connectivity index (χ0v) is 19.9. The Kier molecular flexibility index (Phi) is 8.22. The number of nitrogens with zero attached hydrogens (tertiary/aromatic N) is 2. The highest BCUT2D eigenvalue weighted by atomic mass is 16.5. The third-order valence-corrected chi connectivity index (χ3v) is 5.92. The van der Waals surface area contributed by atoms with Gasteiger partial charge in [0, 0.05) is 33.2 Å². The highest BCUT2D eigenvalue weighted by Crippen LogP contribution is 2.19. The van der Waals surface area contributed by atoms with Crippen molar-refractivity contribution in [3.63, 3.8) is 0 Å². The molecule has 0 spiro atoms. The number of para-hydroxylation sites is 1. The number of carbonyl (C=O) groups excluding carboxylic acids is 1. The Bertz CT molecular complexity index is 1230. The first kappa shape index (κ1) is 24.5. The first-order valence-corrected chi connectivity index (χ1v) is 11.4. The Morgan fingerprint density at radius 3 is 2.39 bits per heavy atom. The molecule has 1 N–H and O–H groups in total. The summed E-state index contributed by atoms with van der Waals surface area (Å²) in [7, 11) is 1.62. The Labute approximate surface area is 194 Å². The molecule has 0 saturated heterocycles. The normalized spacial score (nSPS) is 11.2. The number of benzene rings is 2. The van der Waals surface area contributed by atoms with Crippen LogP contribution in [0.15, 0.2) is 46.0 Å². The molecule has 2 aromatic carbocycles. The van der Waals surface area contributed by atoms with Crippen LogP contribution in [0, 0.1) is 20.8 Å². The number of hydrogen-bond acceptors (Lipinski definition) is 4. The molecule has 0 aliphatic heterocycles. The number of aryl methyl sites for hydroxylation is 3. The van der Waals surface area contributed by atoms with Gasteiger partial charge in [-0.15, -0.1) is 0 Å². The van der Waals surface area contributed by atoms with E-state index in [4.69, 9.17) is 4.74 Å². The highest BCUT2D eigenvalue weighted by Gasteiger charge is 2.15. The van der Waals surface area contributed by atoms with Crippen molar-refractivity contribution < 1.29 is 9.53 Å². The van der Waals surface area contributed by atoms with E-state index in [1.807, 2.05) is 26.0 Å². The summed E-state index contributed by atoms with van der Waals surface area (Å²) in [4.78, 5) is 38.6. The van der Waals surface area contributed by atoms with Crippen LogP contribution in [-0.2, 0) is 22.6 Å². The number of aromatic nitrogens is 2. The van der Waals surface area contributed by atoms with Gasteiger partial charge in [-0.25, -0.2) is 4.79 Å². The molecule has 33 heavy (non-hydrogen) atoms. The lowest BCUT2D eigenvalue weighted by Crippen LogP contribution is -2.40. The Morgan fingerprint density at radius 2 is 1.70 bits per heavy atom. The second kappa shape index (κ2) is 11.1. The lowest BCUT2D eigenvalue weighted by atomic mass is 9.99. The molecule has 3 rings (SSSR count). The first-order chi connectivity index (χ1) is 15.8. The van der Waals surface area contributed by atoms with E-state index in [2.05, 4.69) is 24.4 Å². The van der Waals surface area contributed by atoms with E-state index in [0.29, 0.717) is 37.0 Å². The molecule has 0 unspecified atom stereocenters. The summed E-state index contributed by atoms with van der Waals surface area (Å²) in [5.41, 5.74) is 4.45. The predicted molar refractivity (Wildman–Crippen MR) is 131 cm³/mol. The van der Waals surface area contributed by atoms with Crippen LogP contribution in [-0.4, -0.2) is 35.3 Å². The maximum absolute atomic E-state index is 13.4. The summed E-state index contributed by atoms with van der Waals surface area (Å²) >= 11 is 0. The van der Waals surface area contributed by atoms with Gasteiger partial charge in [-0.05, 0) is 62.4 Å². The van der Waals surface area contributed by atoms with E-state index in [1.165, 1.54) is 10.1 Å². The van der Waals surface area contributed by atoms with Crippen molar-refractivity contribution in [3.8, 4) is 0 Å². The molecule has 1 aromatic heterocycles. The van der Waals surface area contributed by atoms with E-state index in [9.17, 15) is 14.4 Å². The van der Waals surface area contributed by atoms with Crippen LogP contribution in [0.5, 0.6) is 0 Å². The summed E-state index contributed by atoms with van der Waals surface area (Å²) in [6.07, 6.45) is 1.41. The van der Waals surface area contributed by atoms with Crippen molar-refractivity contribution in [3.05, 3.63) is 79.5 Å². The number of nitrogens with one attached hydrogen (secondary N) is 1. The van der Waals surface area contributed by atoms with E-state index in [1.54, 1.807) is 23.8 Å². The molecule has 1 heterocycles. The zero-order valence-electron chi connectivity index (χ0n) is 19.9. The van der Waals surface area contributed by atoms with E-state index in [-0.39, 0.29) is 30.1 Å². The van der Waals surface area contributed by atoms with Crippen LogP contribution in [0.1, 0.15) is 41.5 Å². The second-order valence-corrected chi connectivity index (χ2v) is 8.52. The summed E-state index contributed by atoms with van der Waals surface area (Å²) in [5.74, 6) is -0.0915. The van der Waals surface area contributed by atoms with Crippen LogP contribution >= 0.6 is 0 Å². The van der Waals surface area contributed by atoms with Gasteiger partial charge >= 0.3 is 5.69 Å². The zero-order chi connectivity index (χ0) is 24.0. The largest absolute Gasteiger partial charge is 0.385 e. The van der Waals surface area contributed by atoms with Crippen molar-refractivity contribution in [2.75, 3.05) is 20.3 Å². The number of amides is 1. The number of rotatable bonds is 10. The molecule has 176 valence electrons. The monoisotopic (exact) mass is 451 g/mol. The molecule has 0 aliphatic rings. The number of methoxy groups -OCH3 is 1. The molecule has 1 amide bonds. The molecular weight excluding hydrogens is 418 g/mol. The first-order valence-electron chi connectivity index (χ1n) is 11.4. The molecule has 0 atom stereocenters. The number of fused-ring (bicyclic) bond motifs is 1. The lowest BCUT2D eigenvalue weighted by molar-refractivity contribution is -0.121. The average molecular weight is 452 g/mol. The van der Waals surface area contributed by atoms with Crippen molar-refractivity contribution in [1.82, 2.24) is 14.5 Å². The van der Waals surface area contributed by atoms with Gasteiger partial charge in [0.1, 0.15) is 0 Å². The maximum atomic E-state index is 13.4. The van der Waals surface area contributed by atoms with E-state index < -0.39 is 0 Å². The van der Waals surface area contributed by atoms with Crippen LogP contribution in [0.2, 0.25) is 0 Å². The summed E-state index contributed by atoms with van der Waals surface area (Å²) in [5, 5.41) is 3.34. The molecule has 0 aliphatic carbocycles. The molecular formula is C26H33N3O4. The SMILES string of the molecule is COCCCNC(=O)CCCn1c(=O)c2ccccc2n(Cc2c(C)cc(C)cc2C)c1=O. The van der Waals surface area contributed by atoms with Gasteiger partial charge in [0.05, 0.1) is 17.4 Å². The van der Waals surface area contributed by atoms with Gasteiger partial charge in [0.25, 0.3) is 5.56 Å². The van der Waals surface area contributed by atoms with Crippen molar-refractivity contribution in [1.29, 1.82) is 0 Å². The van der Waals surface area contributed by atoms with Crippen LogP contribution < -0.4 is 16.6 Å². The highest BCUT2D eigenvalue weighted by molar-refractivity contribution is 5.78. The van der Waals surface area contributed by atoms with Gasteiger partial charge < -0.3 is 10.1 Å². The van der Waals surface area contributed by atoms with Crippen LogP contribution in [0.4, 0.5) is 0 Å². The minimum absolute atomic E-state index is 0.0915. The van der Waals surface area contributed by atoms with Crippen molar-refractivity contribution >= 4 is 16.8 Å². The summed E-state index contributed by atoms with van der Waals surface area (Å²) < 4.78 is 7.91. The van der Waals surface area contributed by atoms with Gasteiger partial charge in [0.15, 0.2) is 0 Å². The van der Waals surface area contributed by atoms with Crippen molar-refractivity contribution in [2.24, 2.45) is 0 Å². The van der Waals surface area contributed by atoms with Crippen LogP contribution in [0.25, 0.3) is 10.9 Å². The molecule has 3 aromatic rings. The van der Waals surface area contributed by atoms with Crippen molar-refractivity contribution in [2.45, 2.75) is 53.1 Å². The third kappa shape index (κ3) is 5.79. The minimum atomic E-state index is -0.349. The molecule has 0 saturated carbocycles. The fraction of sp³-hybridized carbons (Fsp3) is 0.423. The second-order valence-electron chi connectivity index (χ2n) is 8.52. The summed E-state index contributed by atoms with van der Waals surface area (Å²) in [6, 6.07) is 11.4. The minimum Gasteiger partial charge on any atom is -0.385 e. The van der Waals surface area contributed by atoms with Gasteiger partial charge in [0.2, 0.25) is 5.91 Å². The Balaban J connectivity index is 1.89. The fourth-order valence-corrected chi connectivity index (χ4v) is 4.27. The maximum Gasteiger partial charge on any atom is 0.331 e. The summed E-state index contributed by atoms with van der Waals surface area (Å²) in [6.45, 7) is 7.86. The number of hydrogen-bond donors (Lipinski definition) is 1.